The monoisotopic (exact) mass is 201 g/mol. The average Bonchev–Trinajstić information content (AvgIpc) is 2.27. The van der Waals surface area contributed by atoms with E-state index in [0.29, 0.717) is 0 Å². The van der Waals surface area contributed by atoms with E-state index in [9.17, 15) is 18.6 Å². The maximum Gasteiger partial charge on any atom is 0.380 e. The van der Waals surface area contributed by atoms with Crippen LogP contribution in [0, 0.1) is 0 Å². The second-order valence-electron chi connectivity index (χ2n) is 2.33. The second-order valence-corrected chi connectivity index (χ2v) is 2.33. The van der Waals surface area contributed by atoms with E-state index >= 15 is 0 Å². The molecule has 0 aromatic heterocycles. The molecule has 1 amide bonds. The van der Waals surface area contributed by atoms with Gasteiger partial charge in [-0.2, -0.15) is 5.54 Å². The minimum Gasteiger partial charge on any atom is -0.267 e. The molecule has 0 aliphatic heterocycles. The van der Waals surface area contributed by atoms with Crippen LogP contribution in [0.15, 0.2) is 24.3 Å². The minimum atomic E-state index is -1.34. The molecule has 74 valence electrons. The van der Waals surface area contributed by atoms with Crippen molar-refractivity contribution in [2.45, 2.75) is 0 Å². The molecule has 1 aromatic carbocycles. The number of carbonyl (C=O) groups is 2. The zero-order valence-corrected chi connectivity index (χ0v) is 6.79. The van der Waals surface area contributed by atoms with Crippen molar-refractivity contribution in [3.05, 3.63) is 35.4 Å². The molecule has 14 heavy (non-hydrogen) atoms. The van der Waals surface area contributed by atoms with Crippen LogP contribution >= 0.6 is 0 Å². The van der Waals surface area contributed by atoms with Crippen molar-refractivity contribution in [3.8, 4) is 0 Å². The minimum absolute atomic E-state index is 0.294. The first kappa shape index (κ1) is 10.1. The summed E-state index contributed by atoms with van der Waals surface area (Å²) in [6.07, 6.45) is 0. The summed E-state index contributed by atoms with van der Waals surface area (Å²) >= 11 is 0. The van der Waals surface area contributed by atoms with Gasteiger partial charge in [0.2, 0.25) is 0 Å². The van der Waals surface area contributed by atoms with Gasteiger partial charge in [-0.1, -0.05) is 16.6 Å². The average molecular weight is 201 g/mol. The molecule has 1 aromatic rings. The molecule has 1 rings (SSSR count). The number of hydrogen-bond donors (Lipinski definition) is 1. The molecule has 0 fully saturated rings. The van der Waals surface area contributed by atoms with E-state index in [1.54, 1.807) is 0 Å². The van der Waals surface area contributed by atoms with Crippen molar-refractivity contribution in [2.24, 2.45) is 0 Å². The van der Waals surface area contributed by atoms with Gasteiger partial charge in [0, 0.05) is 4.53 Å². The molecule has 0 unspecified atom stereocenters. The van der Waals surface area contributed by atoms with E-state index < -0.39 is 11.9 Å². The van der Waals surface area contributed by atoms with Crippen LogP contribution < -0.4 is 5.54 Å². The highest BCUT2D eigenvalue weighted by Gasteiger charge is 2.17. The number of rotatable bonds is 2. The molecule has 0 aliphatic rings. The number of carbonyl (C=O) groups excluding carboxylic acids is 2. The van der Waals surface area contributed by atoms with Crippen LogP contribution in [0.5, 0.6) is 0 Å². The third kappa shape index (κ3) is 1.85. The first-order chi connectivity index (χ1) is 6.70. The summed E-state index contributed by atoms with van der Waals surface area (Å²) in [5.74, 6) is -2.48. The summed E-state index contributed by atoms with van der Waals surface area (Å²) in [4.78, 5) is 24.5. The lowest BCUT2D eigenvalue weighted by molar-refractivity contribution is -0.0788. The number of halogens is 2. The Kier molecular flexibility index (Phi) is 3.11. The molecule has 1 N–H and O–H groups in total. The molecular formula is C8H5F2NO3. The summed E-state index contributed by atoms with van der Waals surface area (Å²) in [6.45, 7) is 0. The van der Waals surface area contributed by atoms with E-state index in [1.165, 1.54) is 18.2 Å². The Balaban J connectivity index is 3.15. The summed E-state index contributed by atoms with van der Waals surface area (Å²) in [5.41, 5.74) is 0.195. The van der Waals surface area contributed by atoms with Gasteiger partial charge in [-0.25, -0.2) is 9.74 Å². The summed E-state index contributed by atoms with van der Waals surface area (Å²) < 4.78 is 23.3. The Labute approximate surface area is 77.3 Å². The van der Waals surface area contributed by atoms with Gasteiger partial charge in [0.25, 0.3) is 5.91 Å². The molecule has 0 heterocycles. The Morgan fingerprint density at radius 3 is 2.29 bits per heavy atom. The zero-order valence-electron chi connectivity index (χ0n) is 6.79. The maximum absolute atomic E-state index is 11.8. The molecule has 0 spiro atoms. The van der Waals surface area contributed by atoms with Gasteiger partial charge in [0.15, 0.2) is 0 Å². The number of amides is 1. The normalized spacial score (nSPS) is 9.29. The fraction of sp³-hybridized carbons (Fsp3) is 0. The Morgan fingerprint density at radius 2 is 1.79 bits per heavy atom. The lowest BCUT2D eigenvalue weighted by atomic mass is 10.1. The van der Waals surface area contributed by atoms with Crippen LogP contribution in [-0.4, -0.2) is 11.9 Å². The van der Waals surface area contributed by atoms with Crippen molar-refractivity contribution in [2.75, 3.05) is 0 Å². The predicted octanol–water partition coefficient (Wildman–Crippen LogP) is 1.34. The van der Waals surface area contributed by atoms with E-state index in [0.717, 1.165) is 11.6 Å². The van der Waals surface area contributed by atoms with Crippen LogP contribution in [0.4, 0.5) is 9.01 Å². The summed E-state index contributed by atoms with van der Waals surface area (Å²) in [6, 6.07) is 5.11. The first-order valence-electron chi connectivity index (χ1n) is 3.53. The van der Waals surface area contributed by atoms with Gasteiger partial charge in [-0.15, -0.1) is 0 Å². The van der Waals surface area contributed by atoms with E-state index in [1.807, 2.05) is 0 Å². The van der Waals surface area contributed by atoms with Gasteiger partial charge >= 0.3 is 5.97 Å². The quantitative estimate of drug-likeness (QED) is 0.734. The largest absolute Gasteiger partial charge is 0.380 e. The topological polar surface area (TPSA) is 55.4 Å². The van der Waals surface area contributed by atoms with Crippen molar-refractivity contribution in [1.29, 1.82) is 0 Å². The van der Waals surface area contributed by atoms with Crippen LogP contribution in [0.3, 0.4) is 0 Å². The molecule has 0 saturated carbocycles. The van der Waals surface area contributed by atoms with Gasteiger partial charge in [-0.3, -0.25) is 4.79 Å². The zero-order chi connectivity index (χ0) is 10.6. The number of benzene rings is 1. The molecule has 0 saturated heterocycles. The maximum atomic E-state index is 11.8. The molecule has 0 atom stereocenters. The lowest BCUT2D eigenvalue weighted by Gasteiger charge is -2.01. The van der Waals surface area contributed by atoms with Crippen LogP contribution in [0.25, 0.3) is 0 Å². The molecular weight excluding hydrogens is 196 g/mol. The lowest BCUT2D eigenvalue weighted by Crippen LogP contribution is -2.17. The molecule has 6 heteroatoms. The van der Waals surface area contributed by atoms with Crippen LogP contribution in [0.2, 0.25) is 0 Å². The number of hydrogen-bond acceptors (Lipinski definition) is 3. The Morgan fingerprint density at radius 1 is 1.21 bits per heavy atom. The van der Waals surface area contributed by atoms with Crippen molar-refractivity contribution < 1.29 is 23.5 Å². The highest BCUT2D eigenvalue weighted by atomic mass is 19.3. The number of nitrogens with one attached hydrogen (secondary N) is 1. The van der Waals surface area contributed by atoms with Gasteiger partial charge in [0.1, 0.15) is 0 Å². The predicted molar refractivity (Wildman–Crippen MR) is 41.5 cm³/mol. The highest BCUT2D eigenvalue weighted by Crippen LogP contribution is 2.10. The molecule has 4 nitrogen and oxygen atoms in total. The first-order valence-corrected chi connectivity index (χ1v) is 3.53. The van der Waals surface area contributed by atoms with Crippen LogP contribution in [-0.2, 0) is 4.94 Å². The van der Waals surface area contributed by atoms with E-state index in [4.69, 9.17) is 0 Å². The van der Waals surface area contributed by atoms with Gasteiger partial charge in [-0.05, 0) is 12.1 Å². The summed E-state index contributed by atoms with van der Waals surface area (Å²) in [5, 5.41) is 0. The van der Waals surface area contributed by atoms with Crippen molar-refractivity contribution >= 4 is 11.9 Å². The third-order valence-electron chi connectivity index (χ3n) is 1.55. The van der Waals surface area contributed by atoms with E-state index in [-0.39, 0.29) is 11.1 Å². The van der Waals surface area contributed by atoms with E-state index in [2.05, 4.69) is 4.94 Å². The highest BCUT2D eigenvalue weighted by molar-refractivity contribution is 6.04. The van der Waals surface area contributed by atoms with Gasteiger partial charge < -0.3 is 0 Å². The fourth-order valence-electron chi connectivity index (χ4n) is 0.952. The molecule has 0 radical (unpaired) electrons. The summed E-state index contributed by atoms with van der Waals surface area (Å²) in [7, 11) is 0. The van der Waals surface area contributed by atoms with Crippen molar-refractivity contribution in [1.82, 2.24) is 5.54 Å². The second kappa shape index (κ2) is 4.31. The fourth-order valence-corrected chi connectivity index (χ4v) is 0.952. The molecule has 0 aliphatic carbocycles. The smallest absolute Gasteiger partial charge is 0.267 e. The van der Waals surface area contributed by atoms with Crippen molar-refractivity contribution in [3.63, 3.8) is 0 Å². The Bertz CT molecular complexity index is 332. The molecule has 0 bridgehead atoms. The van der Waals surface area contributed by atoms with Gasteiger partial charge in [0.05, 0.1) is 11.1 Å². The van der Waals surface area contributed by atoms with Crippen LogP contribution in [0.1, 0.15) is 20.7 Å². The standard InChI is InChI=1S/C8H5F2NO3/c9-11-7(12)5-3-1-2-4-6(5)8(13)14-10/h1-4H,(H,11,12). The third-order valence-corrected chi connectivity index (χ3v) is 1.55. The Hall–Kier alpha value is -1.98. The SMILES string of the molecule is O=C(NF)c1ccccc1C(=O)OF.